The van der Waals surface area contributed by atoms with Crippen LogP contribution in [0.15, 0.2) is 0 Å². The topological polar surface area (TPSA) is 15.3 Å². The second kappa shape index (κ2) is 4.83. The summed E-state index contributed by atoms with van der Waals surface area (Å²) in [6.45, 7) is 3.41. The molecule has 1 aliphatic carbocycles. The van der Waals surface area contributed by atoms with Crippen LogP contribution in [0.25, 0.3) is 0 Å². The Morgan fingerprint density at radius 2 is 2.17 bits per heavy atom. The van der Waals surface area contributed by atoms with Gasteiger partial charge < -0.3 is 5.32 Å². The Bertz CT molecular complexity index is 115. The molecule has 2 nitrogen and oxygen atoms in total. The van der Waals surface area contributed by atoms with Crippen molar-refractivity contribution in [3.05, 3.63) is 0 Å². The van der Waals surface area contributed by atoms with E-state index in [4.69, 9.17) is 0 Å². The Morgan fingerprint density at radius 1 is 1.50 bits per heavy atom. The summed E-state index contributed by atoms with van der Waals surface area (Å²) in [5.74, 6) is 0. The van der Waals surface area contributed by atoms with Crippen LogP contribution in [0.1, 0.15) is 32.6 Å². The molecule has 0 saturated heterocycles. The fourth-order valence-corrected chi connectivity index (χ4v) is 1.80. The molecule has 1 atom stereocenters. The van der Waals surface area contributed by atoms with Crippen LogP contribution in [0.3, 0.4) is 0 Å². The van der Waals surface area contributed by atoms with Gasteiger partial charge in [-0.15, -0.1) is 0 Å². The third-order valence-electron chi connectivity index (χ3n) is 2.76. The zero-order valence-corrected chi connectivity index (χ0v) is 8.64. The number of nitrogens with one attached hydrogen (secondary N) is 1. The smallest absolute Gasteiger partial charge is 0.0220 e. The summed E-state index contributed by atoms with van der Waals surface area (Å²) >= 11 is 0. The van der Waals surface area contributed by atoms with E-state index in [9.17, 15) is 0 Å². The largest absolute Gasteiger partial charge is 0.318 e. The Hall–Kier alpha value is -0.0800. The van der Waals surface area contributed by atoms with Gasteiger partial charge in [0.15, 0.2) is 0 Å². The first kappa shape index (κ1) is 10.0. The molecule has 0 aliphatic heterocycles. The van der Waals surface area contributed by atoms with Crippen LogP contribution in [0, 0.1) is 0 Å². The molecule has 0 aromatic rings. The van der Waals surface area contributed by atoms with Crippen molar-refractivity contribution in [3.8, 4) is 0 Å². The van der Waals surface area contributed by atoms with Crippen molar-refractivity contribution in [1.82, 2.24) is 10.2 Å². The van der Waals surface area contributed by atoms with Crippen LogP contribution in [0.2, 0.25) is 0 Å². The van der Waals surface area contributed by atoms with Crippen molar-refractivity contribution in [1.29, 1.82) is 0 Å². The van der Waals surface area contributed by atoms with Crippen molar-refractivity contribution in [3.63, 3.8) is 0 Å². The van der Waals surface area contributed by atoms with Gasteiger partial charge in [0.05, 0.1) is 0 Å². The van der Waals surface area contributed by atoms with E-state index in [1.165, 1.54) is 25.7 Å². The standard InChI is InChI=1S/C10H22N2/c1-4-5-10(8-11-2)12(3)9-6-7-9/h9-11H,4-8H2,1-3H3. The van der Waals surface area contributed by atoms with E-state index in [0.717, 1.165) is 18.6 Å². The highest BCUT2D eigenvalue weighted by Gasteiger charge is 2.29. The summed E-state index contributed by atoms with van der Waals surface area (Å²) in [5, 5.41) is 3.27. The van der Waals surface area contributed by atoms with Gasteiger partial charge in [-0.2, -0.15) is 0 Å². The quantitative estimate of drug-likeness (QED) is 0.649. The maximum Gasteiger partial charge on any atom is 0.0220 e. The van der Waals surface area contributed by atoms with Gasteiger partial charge in [-0.25, -0.2) is 0 Å². The Balaban J connectivity index is 2.28. The second-order valence-corrected chi connectivity index (χ2v) is 3.90. The summed E-state index contributed by atoms with van der Waals surface area (Å²) < 4.78 is 0. The molecule has 0 aromatic heterocycles. The van der Waals surface area contributed by atoms with Crippen molar-refractivity contribution >= 4 is 0 Å². The molecule has 1 unspecified atom stereocenters. The Labute approximate surface area is 76.3 Å². The zero-order chi connectivity index (χ0) is 8.97. The molecule has 0 heterocycles. The van der Waals surface area contributed by atoms with E-state index < -0.39 is 0 Å². The maximum absolute atomic E-state index is 3.27. The summed E-state index contributed by atoms with van der Waals surface area (Å²) in [5.41, 5.74) is 0. The molecule has 0 bridgehead atoms. The third-order valence-corrected chi connectivity index (χ3v) is 2.76. The van der Waals surface area contributed by atoms with E-state index in [1.807, 2.05) is 7.05 Å². The normalized spacial score (nSPS) is 20.0. The molecule has 1 rings (SSSR count). The van der Waals surface area contributed by atoms with Crippen LogP contribution in [-0.4, -0.2) is 37.6 Å². The maximum atomic E-state index is 3.27. The lowest BCUT2D eigenvalue weighted by atomic mass is 10.1. The van der Waals surface area contributed by atoms with Crippen LogP contribution in [0.4, 0.5) is 0 Å². The summed E-state index contributed by atoms with van der Waals surface area (Å²) in [6, 6.07) is 1.65. The third kappa shape index (κ3) is 2.76. The fraction of sp³-hybridized carbons (Fsp3) is 1.00. The monoisotopic (exact) mass is 170 g/mol. The molecule has 0 radical (unpaired) electrons. The molecular formula is C10H22N2. The molecule has 12 heavy (non-hydrogen) atoms. The van der Waals surface area contributed by atoms with Crippen LogP contribution >= 0.6 is 0 Å². The summed E-state index contributed by atoms with van der Waals surface area (Å²) in [4.78, 5) is 2.56. The summed E-state index contributed by atoms with van der Waals surface area (Å²) in [7, 11) is 4.32. The zero-order valence-electron chi connectivity index (χ0n) is 8.64. The predicted molar refractivity (Wildman–Crippen MR) is 53.4 cm³/mol. The minimum atomic E-state index is 0.757. The molecule has 1 aliphatic rings. The van der Waals surface area contributed by atoms with Gasteiger partial charge in [0.25, 0.3) is 0 Å². The molecule has 1 N–H and O–H groups in total. The van der Waals surface area contributed by atoms with Gasteiger partial charge in [0.2, 0.25) is 0 Å². The molecule has 1 fully saturated rings. The highest BCUT2D eigenvalue weighted by atomic mass is 15.2. The minimum absolute atomic E-state index is 0.757. The van der Waals surface area contributed by atoms with Crippen molar-refractivity contribution < 1.29 is 0 Å². The SMILES string of the molecule is CCCC(CNC)N(C)C1CC1. The number of hydrogen-bond donors (Lipinski definition) is 1. The average molecular weight is 170 g/mol. The summed E-state index contributed by atoms with van der Waals surface area (Å²) in [6.07, 6.45) is 5.46. The van der Waals surface area contributed by atoms with Crippen molar-refractivity contribution in [2.45, 2.75) is 44.7 Å². The second-order valence-electron chi connectivity index (χ2n) is 3.90. The van der Waals surface area contributed by atoms with Gasteiger partial charge >= 0.3 is 0 Å². The fourth-order valence-electron chi connectivity index (χ4n) is 1.80. The van der Waals surface area contributed by atoms with E-state index >= 15 is 0 Å². The van der Waals surface area contributed by atoms with Gasteiger partial charge in [-0.3, -0.25) is 4.90 Å². The number of likely N-dealkylation sites (N-methyl/N-ethyl adjacent to an activating group) is 2. The lowest BCUT2D eigenvalue weighted by molar-refractivity contribution is 0.216. The molecule has 72 valence electrons. The van der Waals surface area contributed by atoms with Crippen LogP contribution in [-0.2, 0) is 0 Å². The van der Waals surface area contributed by atoms with E-state index in [1.54, 1.807) is 0 Å². The molecular weight excluding hydrogens is 148 g/mol. The van der Waals surface area contributed by atoms with Crippen molar-refractivity contribution in [2.24, 2.45) is 0 Å². The highest BCUT2D eigenvalue weighted by molar-refractivity contribution is 4.87. The van der Waals surface area contributed by atoms with Gasteiger partial charge in [0.1, 0.15) is 0 Å². The highest BCUT2D eigenvalue weighted by Crippen LogP contribution is 2.27. The Morgan fingerprint density at radius 3 is 2.58 bits per heavy atom. The molecule has 2 heteroatoms. The first-order chi connectivity index (χ1) is 5.79. The minimum Gasteiger partial charge on any atom is -0.318 e. The Kier molecular flexibility index (Phi) is 4.02. The lowest BCUT2D eigenvalue weighted by Crippen LogP contribution is -2.40. The van der Waals surface area contributed by atoms with E-state index in [2.05, 4.69) is 24.2 Å². The van der Waals surface area contributed by atoms with Crippen LogP contribution < -0.4 is 5.32 Å². The number of nitrogens with zero attached hydrogens (tertiary/aromatic N) is 1. The molecule has 0 spiro atoms. The van der Waals surface area contributed by atoms with Crippen LogP contribution in [0.5, 0.6) is 0 Å². The molecule has 1 saturated carbocycles. The first-order valence-corrected chi connectivity index (χ1v) is 5.16. The van der Waals surface area contributed by atoms with Gasteiger partial charge in [0, 0.05) is 18.6 Å². The van der Waals surface area contributed by atoms with Gasteiger partial charge in [-0.1, -0.05) is 13.3 Å². The lowest BCUT2D eigenvalue weighted by Gasteiger charge is -2.27. The predicted octanol–water partition coefficient (Wildman–Crippen LogP) is 1.47. The molecule has 0 aromatic carbocycles. The van der Waals surface area contributed by atoms with Gasteiger partial charge in [-0.05, 0) is 33.4 Å². The first-order valence-electron chi connectivity index (χ1n) is 5.16. The number of rotatable bonds is 6. The van der Waals surface area contributed by atoms with E-state index in [0.29, 0.717) is 0 Å². The van der Waals surface area contributed by atoms with Crippen molar-refractivity contribution in [2.75, 3.05) is 20.6 Å². The average Bonchev–Trinajstić information content (AvgIpc) is 2.85. The number of hydrogen-bond acceptors (Lipinski definition) is 2. The molecule has 0 amide bonds. The van der Waals surface area contributed by atoms with E-state index in [-0.39, 0.29) is 0 Å².